The van der Waals surface area contributed by atoms with Gasteiger partial charge in [0.15, 0.2) is 0 Å². The van der Waals surface area contributed by atoms with Crippen LogP contribution in [0, 0.1) is 0 Å². The Morgan fingerprint density at radius 1 is 1.89 bits per heavy atom. The van der Waals surface area contributed by atoms with Gasteiger partial charge in [-0.2, -0.15) is 0 Å². The molecule has 1 amide bonds. The lowest BCUT2D eigenvalue weighted by molar-refractivity contribution is -0.119. The van der Waals surface area contributed by atoms with Crippen LogP contribution in [0.3, 0.4) is 0 Å². The molecule has 1 aliphatic heterocycles. The van der Waals surface area contributed by atoms with E-state index < -0.39 is 0 Å². The molecule has 0 aromatic carbocycles. The number of likely N-dealkylation sites (N-methyl/N-ethyl adjacent to an activating group) is 1. The first kappa shape index (κ1) is 6.55. The van der Waals surface area contributed by atoms with Crippen molar-refractivity contribution in [2.24, 2.45) is 0 Å². The van der Waals surface area contributed by atoms with Crippen molar-refractivity contribution < 1.29 is 4.79 Å². The highest BCUT2D eigenvalue weighted by Crippen LogP contribution is 2.04. The Morgan fingerprint density at radius 2 is 2.67 bits per heavy atom. The number of amides is 1. The minimum absolute atomic E-state index is 0.190. The summed E-state index contributed by atoms with van der Waals surface area (Å²) >= 11 is 0. The van der Waals surface area contributed by atoms with Crippen molar-refractivity contribution in [3.63, 3.8) is 0 Å². The second kappa shape index (κ2) is 2.82. The Hall–Kier alpha value is -0.570. The van der Waals surface area contributed by atoms with Crippen LogP contribution in [0.4, 0.5) is 0 Å². The summed E-state index contributed by atoms with van der Waals surface area (Å²) in [6.07, 6.45) is 1.69. The van der Waals surface area contributed by atoms with Gasteiger partial charge in [0.2, 0.25) is 5.91 Å². The smallest absolute Gasteiger partial charge is 0.220 e. The standard InChI is InChI=1S/C6H12N2O/c1-7-4-5-2-3-6(9)8-5/h5,7H,2-4H2,1H3,(H,8,9)/t5-/m1/s1. The first-order chi connectivity index (χ1) is 4.33. The van der Waals surface area contributed by atoms with Crippen LogP contribution in [0.25, 0.3) is 0 Å². The van der Waals surface area contributed by atoms with Gasteiger partial charge in [-0.05, 0) is 13.5 Å². The van der Waals surface area contributed by atoms with Crippen LogP contribution in [0.5, 0.6) is 0 Å². The van der Waals surface area contributed by atoms with Gasteiger partial charge in [-0.1, -0.05) is 0 Å². The highest BCUT2D eigenvalue weighted by molar-refractivity contribution is 5.78. The first-order valence-corrected chi connectivity index (χ1v) is 3.27. The topological polar surface area (TPSA) is 41.1 Å². The van der Waals surface area contributed by atoms with Gasteiger partial charge in [0.1, 0.15) is 0 Å². The van der Waals surface area contributed by atoms with Crippen molar-refractivity contribution in [3.8, 4) is 0 Å². The van der Waals surface area contributed by atoms with Crippen molar-refractivity contribution in [1.82, 2.24) is 10.6 Å². The van der Waals surface area contributed by atoms with Gasteiger partial charge in [0, 0.05) is 19.0 Å². The minimum atomic E-state index is 0.190. The predicted octanol–water partition coefficient (Wildman–Crippen LogP) is -0.516. The van der Waals surface area contributed by atoms with E-state index in [1.165, 1.54) is 0 Å². The molecule has 0 unspecified atom stereocenters. The lowest BCUT2D eigenvalue weighted by atomic mass is 10.2. The third-order valence-electron chi connectivity index (χ3n) is 1.54. The van der Waals surface area contributed by atoms with Crippen LogP contribution < -0.4 is 10.6 Å². The molecular formula is C6H12N2O. The molecule has 3 heteroatoms. The molecular weight excluding hydrogens is 116 g/mol. The number of hydrogen-bond donors (Lipinski definition) is 2. The van der Waals surface area contributed by atoms with Crippen molar-refractivity contribution in [3.05, 3.63) is 0 Å². The molecule has 2 N–H and O–H groups in total. The lowest BCUT2D eigenvalue weighted by Crippen LogP contribution is -2.33. The summed E-state index contributed by atoms with van der Waals surface area (Å²) < 4.78 is 0. The van der Waals surface area contributed by atoms with Gasteiger partial charge in [-0.25, -0.2) is 0 Å². The van der Waals surface area contributed by atoms with Crippen molar-refractivity contribution in [1.29, 1.82) is 0 Å². The average molecular weight is 128 g/mol. The van der Waals surface area contributed by atoms with E-state index in [9.17, 15) is 4.79 Å². The van der Waals surface area contributed by atoms with E-state index in [4.69, 9.17) is 0 Å². The van der Waals surface area contributed by atoms with E-state index in [0.29, 0.717) is 12.5 Å². The summed E-state index contributed by atoms with van der Waals surface area (Å²) in [4.78, 5) is 10.6. The molecule has 1 aliphatic rings. The summed E-state index contributed by atoms with van der Waals surface area (Å²) in [5, 5.41) is 5.87. The second-order valence-electron chi connectivity index (χ2n) is 2.36. The Labute approximate surface area is 54.8 Å². The van der Waals surface area contributed by atoms with Crippen LogP contribution >= 0.6 is 0 Å². The van der Waals surface area contributed by atoms with Gasteiger partial charge < -0.3 is 10.6 Å². The molecule has 1 saturated heterocycles. The summed E-state index contributed by atoms with van der Waals surface area (Å²) in [6, 6.07) is 0.377. The molecule has 0 bridgehead atoms. The van der Waals surface area contributed by atoms with Crippen LogP contribution in [0.2, 0.25) is 0 Å². The molecule has 0 radical (unpaired) electrons. The zero-order chi connectivity index (χ0) is 6.69. The van der Waals surface area contributed by atoms with E-state index in [0.717, 1.165) is 13.0 Å². The Balaban J connectivity index is 2.22. The zero-order valence-electron chi connectivity index (χ0n) is 5.61. The predicted molar refractivity (Wildman–Crippen MR) is 35.1 cm³/mol. The Morgan fingerprint density at radius 3 is 3.11 bits per heavy atom. The molecule has 0 aromatic heterocycles. The van der Waals surface area contributed by atoms with Crippen molar-refractivity contribution in [2.75, 3.05) is 13.6 Å². The average Bonchev–Trinajstić information content (AvgIpc) is 2.17. The summed E-state index contributed by atoms with van der Waals surface area (Å²) in [7, 11) is 1.89. The van der Waals surface area contributed by atoms with Crippen LogP contribution in [0.1, 0.15) is 12.8 Å². The monoisotopic (exact) mass is 128 g/mol. The molecule has 1 heterocycles. The quantitative estimate of drug-likeness (QED) is 0.525. The third kappa shape index (κ3) is 1.68. The molecule has 0 aliphatic carbocycles. The fourth-order valence-corrected chi connectivity index (χ4v) is 1.08. The van der Waals surface area contributed by atoms with Crippen LogP contribution in [-0.2, 0) is 4.79 Å². The maximum absolute atomic E-state index is 10.6. The largest absolute Gasteiger partial charge is 0.352 e. The highest BCUT2D eigenvalue weighted by Gasteiger charge is 2.18. The molecule has 0 aromatic rings. The van der Waals surface area contributed by atoms with Crippen LogP contribution in [-0.4, -0.2) is 25.5 Å². The van der Waals surface area contributed by atoms with E-state index in [-0.39, 0.29) is 5.91 Å². The molecule has 1 fully saturated rings. The normalized spacial score (nSPS) is 26.3. The molecule has 1 rings (SSSR count). The summed E-state index contributed by atoms with van der Waals surface area (Å²) in [5.41, 5.74) is 0. The van der Waals surface area contributed by atoms with Gasteiger partial charge in [0.05, 0.1) is 0 Å². The van der Waals surface area contributed by atoms with E-state index >= 15 is 0 Å². The number of hydrogen-bond acceptors (Lipinski definition) is 2. The van der Waals surface area contributed by atoms with E-state index in [2.05, 4.69) is 10.6 Å². The first-order valence-electron chi connectivity index (χ1n) is 3.27. The fraction of sp³-hybridized carbons (Fsp3) is 0.833. The van der Waals surface area contributed by atoms with Crippen LogP contribution in [0.15, 0.2) is 0 Å². The van der Waals surface area contributed by atoms with E-state index in [1.54, 1.807) is 0 Å². The molecule has 1 atom stereocenters. The van der Waals surface area contributed by atoms with Gasteiger partial charge in [0.25, 0.3) is 0 Å². The fourth-order valence-electron chi connectivity index (χ4n) is 1.08. The zero-order valence-corrected chi connectivity index (χ0v) is 5.61. The second-order valence-corrected chi connectivity index (χ2v) is 2.36. The maximum atomic E-state index is 10.6. The van der Waals surface area contributed by atoms with Crippen molar-refractivity contribution >= 4 is 5.91 Å². The van der Waals surface area contributed by atoms with Crippen molar-refractivity contribution in [2.45, 2.75) is 18.9 Å². The molecule has 3 nitrogen and oxygen atoms in total. The van der Waals surface area contributed by atoms with E-state index in [1.807, 2.05) is 7.05 Å². The minimum Gasteiger partial charge on any atom is -0.352 e. The lowest BCUT2D eigenvalue weighted by Gasteiger charge is -2.06. The maximum Gasteiger partial charge on any atom is 0.220 e. The van der Waals surface area contributed by atoms with Gasteiger partial charge in [-0.3, -0.25) is 4.79 Å². The molecule has 52 valence electrons. The number of rotatable bonds is 2. The highest BCUT2D eigenvalue weighted by atomic mass is 16.1. The summed E-state index contributed by atoms with van der Waals surface area (Å²) in [6.45, 7) is 0.895. The Bertz CT molecular complexity index is 114. The molecule has 0 spiro atoms. The van der Waals surface area contributed by atoms with Gasteiger partial charge in [-0.15, -0.1) is 0 Å². The molecule has 0 saturated carbocycles. The number of carbonyl (C=O) groups is 1. The third-order valence-corrected chi connectivity index (χ3v) is 1.54. The summed E-state index contributed by atoms with van der Waals surface area (Å²) in [5.74, 6) is 0.190. The SMILES string of the molecule is CNC[C@H]1CCC(=O)N1. The molecule has 9 heavy (non-hydrogen) atoms. The Kier molecular flexibility index (Phi) is 2.05. The number of carbonyl (C=O) groups excluding carboxylic acids is 1. The number of nitrogens with one attached hydrogen (secondary N) is 2. The van der Waals surface area contributed by atoms with Gasteiger partial charge >= 0.3 is 0 Å².